The maximum absolute atomic E-state index is 12.3. The fourth-order valence-electron chi connectivity index (χ4n) is 2.93. The molecule has 0 aromatic heterocycles. The SMILES string of the molecule is CC(CN(C)C(=O)Nc1cccc(-c2ccc3c(c2)CCO3)c1)C(=O)O. The highest BCUT2D eigenvalue weighted by Crippen LogP contribution is 2.31. The average Bonchev–Trinajstić information content (AvgIpc) is 3.09. The molecule has 0 saturated carbocycles. The number of urea groups is 1. The molecule has 6 nitrogen and oxygen atoms in total. The molecule has 1 aliphatic rings. The number of amides is 2. The summed E-state index contributed by atoms with van der Waals surface area (Å²) in [4.78, 5) is 24.6. The Balaban J connectivity index is 1.71. The van der Waals surface area contributed by atoms with Crippen molar-refractivity contribution in [1.82, 2.24) is 4.90 Å². The predicted molar refractivity (Wildman–Crippen MR) is 99.5 cm³/mol. The predicted octanol–water partition coefficient (Wildman–Crippen LogP) is 3.47. The topological polar surface area (TPSA) is 78.9 Å². The highest BCUT2D eigenvalue weighted by molar-refractivity contribution is 5.90. The molecule has 2 aromatic rings. The molecular weight excluding hydrogens is 332 g/mol. The average molecular weight is 354 g/mol. The van der Waals surface area contributed by atoms with Crippen molar-refractivity contribution in [3.63, 3.8) is 0 Å². The third-order valence-electron chi connectivity index (χ3n) is 4.45. The van der Waals surface area contributed by atoms with Crippen LogP contribution in [0, 0.1) is 5.92 Å². The quantitative estimate of drug-likeness (QED) is 0.862. The zero-order valence-electron chi connectivity index (χ0n) is 14.9. The van der Waals surface area contributed by atoms with Crippen molar-refractivity contribution in [2.45, 2.75) is 13.3 Å². The van der Waals surface area contributed by atoms with E-state index in [0.717, 1.165) is 29.9 Å². The van der Waals surface area contributed by atoms with Crippen LogP contribution in [0.5, 0.6) is 5.75 Å². The lowest BCUT2D eigenvalue weighted by Crippen LogP contribution is -2.36. The number of carboxylic acids is 1. The number of fused-ring (bicyclic) bond motifs is 1. The number of ether oxygens (including phenoxy) is 1. The zero-order chi connectivity index (χ0) is 18.7. The van der Waals surface area contributed by atoms with Crippen LogP contribution in [0.3, 0.4) is 0 Å². The summed E-state index contributed by atoms with van der Waals surface area (Å²) in [7, 11) is 1.58. The standard InChI is InChI=1S/C20H22N2O4/c1-13(19(23)24)12-22(2)20(25)21-17-5-3-4-14(11-17)15-6-7-18-16(10-15)8-9-26-18/h3-7,10-11,13H,8-9,12H2,1-2H3,(H,21,25)(H,23,24). The monoisotopic (exact) mass is 354 g/mol. The van der Waals surface area contributed by atoms with E-state index in [1.54, 1.807) is 14.0 Å². The maximum Gasteiger partial charge on any atom is 0.321 e. The number of hydrogen-bond acceptors (Lipinski definition) is 3. The summed E-state index contributed by atoms with van der Waals surface area (Å²) in [5.74, 6) is -0.606. The second-order valence-corrected chi connectivity index (χ2v) is 6.55. The van der Waals surface area contributed by atoms with Gasteiger partial charge in [0.1, 0.15) is 5.75 Å². The number of hydrogen-bond donors (Lipinski definition) is 2. The molecule has 6 heteroatoms. The highest BCUT2D eigenvalue weighted by atomic mass is 16.5. The fraction of sp³-hybridized carbons (Fsp3) is 0.300. The van der Waals surface area contributed by atoms with E-state index in [1.165, 1.54) is 10.5 Å². The number of aliphatic carboxylic acids is 1. The summed E-state index contributed by atoms with van der Waals surface area (Å²) < 4.78 is 5.54. The van der Waals surface area contributed by atoms with Crippen LogP contribution in [-0.2, 0) is 11.2 Å². The second-order valence-electron chi connectivity index (χ2n) is 6.55. The summed E-state index contributed by atoms with van der Waals surface area (Å²) in [5, 5.41) is 11.8. The number of carbonyl (C=O) groups is 2. The van der Waals surface area contributed by atoms with E-state index in [0.29, 0.717) is 5.69 Å². The number of nitrogens with zero attached hydrogens (tertiary/aromatic N) is 1. The van der Waals surface area contributed by atoms with E-state index < -0.39 is 11.9 Å². The second kappa shape index (κ2) is 7.47. The first kappa shape index (κ1) is 17.8. The number of benzene rings is 2. The Morgan fingerprint density at radius 1 is 1.23 bits per heavy atom. The van der Waals surface area contributed by atoms with Gasteiger partial charge in [0.05, 0.1) is 12.5 Å². The first-order valence-electron chi connectivity index (χ1n) is 8.55. The van der Waals surface area contributed by atoms with E-state index in [9.17, 15) is 9.59 Å². The molecule has 3 rings (SSSR count). The molecule has 2 N–H and O–H groups in total. The third-order valence-corrected chi connectivity index (χ3v) is 4.45. The van der Waals surface area contributed by atoms with Gasteiger partial charge in [0.25, 0.3) is 0 Å². The van der Waals surface area contributed by atoms with Crippen molar-refractivity contribution in [2.75, 3.05) is 25.5 Å². The van der Waals surface area contributed by atoms with Crippen molar-refractivity contribution in [3.8, 4) is 16.9 Å². The highest BCUT2D eigenvalue weighted by Gasteiger charge is 2.18. The van der Waals surface area contributed by atoms with E-state index in [2.05, 4.69) is 11.4 Å². The Morgan fingerprint density at radius 3 is 2.77 bits per heavy atom. The summed E-state index contributed by atoms with van der Waals surface area (Å²) >= 11 is 0. The van der Waals surface area contributed by atoms with Crippen LogP contribution in [0.15, 0.2) is 42.5 Å². The van der Waals surface area contributed by atoms with Crippen LogP contribution in [0.2, 0.25) is 0 Å². The van der Waals surface area contributed by atoms with E-state index in [-0.39, 0.29) is 12.6 Å². The van der Waals surface area contributed by atoms with Gasteiger partial charge in [-0.25, -0.2) is 4.79 Å². The van der Waals surface area contributed by atoms with E-state index >= 15 is 0 Å². The molecule has 0 spiro atoms. The molecule has 0 bridgehead atoms. The smallest absolute Gasteiger partial charge is 0.321 e. The van der Waals surface area contributed by atoms with Crippen molar-refractivity contribution in [3.05, 3.63) is 48.0 Å². The maximum atomic E-state index is 12.3. The van der Waals surface area contributed by atoms with Gasteiger partial charge in [-0.05, 0) is 41.0 Å². The number of carbonyl (C=O) groups excluding carboxylic acids is 1. The van der Waals surface area contributed by atoms with Gasteiger partial charge in [-0.1, -0.05) is 25.1 Å². The van der Waals surface area contributed by atoms with Crippen LogP contribution in [-0.4, -0.2) is 42.2 Å². The Hall–Kier alpha value is -3.02. The molecule has 1 unspecified atom stereocenters. The van der Waals surface area contributed by atoms with E-state index in [4.69, 9.17) is 9.84 Å². The van der Waals surface area contributed by atoms with Gasteiger partial charge in [-0.15, -0.1) is 0 Å². The van der Waals surface area contributed by atoms with Gasteiger partial charge in [-0.2, -0.15) is 0 Å². The van der Waals surface area contributed by atoms with Crippen LogP contribution >= 0.6 is 0 Å². The first-order valence-corrected chi connectivity index (χ1v) is 8.55. The van der Waals surface area contributed by atoms with Gasteiger partial charge in [0.15, 0.2) is 0 Å². The summed E-state index contributed by atoms with van der Waals surface area (Å²) in [5.41, 5.74) is 3.93. The van der Waals surface area contributed by atoms with Crippen LogP contribution < -0.4 is 10.1 Å². The molecule has 1 aliphatic heterocycles. The normalized spacial score (nSPS) is 13.5. The van der Waals surface area contributed by atoms with Crippen molar-refractivity contribution in [2.24, 2.45) is 5.92 Å². The molecule has 2 amide bonds. The molecule has 1 atom stereocenters. The molecular formula is C20H22N2O4. The molecule has 26 heavy (non-hydrogen) atoms. The lowest BCUT2D eigenvalue weighted by atomic mass is 10.0. The Bertz CT molecular complexity index is 834. The summed E-state index contributed by atoms with van der Waals surface area (Å²) in [6.07, 6.45) is 0.909. The Labute approximate surface area is 152 Å². The fourth-order valence-corrected chi connectivity index (χ4v) is 2.93. The Morgan fingerprint density at radius 2 is 2.00 bits per heavy atom. The van der Waals surface area contributed by atoms with Crippen LogP contribution in [0.25, 0.3) is 11.1 Å². The number of anilines is 1. The number of rotatable bonds is 5. The molecule has 0 radical (unpaired) electrons. The molecule has 136 valence electrons. The summed E-state index contributed by atoms with van der Waals surface area (Å²) in [6, 6.07) is 13.4. The number of nitrogens with one attached hydrogen (secondary N) is 1. The molecule has 0 saturated heterocycles. The van der Waals surface area contributed by atoms with Gasteiger partial charge in [0.2, 0.25) is 0 Å². The minimum atomic E-state index is -0.924. The minimum absolute atomic E-state index is 0.145. The van der Waals surface area contributed by atoms with Crippen molar-refractivity contribution in [1.29, 1.82) is 0 Å². The molecule has 2 aromatic carbocycles. The van der Waals surface area contributed by atoms with Crippen LogP contribution in [0.1, 0.15) is 12.5 Å². The molecule has 0 fully saturated rings. The van der Waals surface area contributed by atoms with Gasteiger partial charge >= 0.3 is 12.0 Å². The van der Waals surface area contributed by atoms with Gasteiger partial charge in [0, 0.05) is 25.7 Å². The van der Waals surface area contributed by atoms with Crippen molar-refractivity contribution >= 4 is 17.7 Å². The van der Waals surface area contributed by atoms with Crippen LogP contribution in [0.4, 0.5) is 10.5 Å². The van der Waals surface area contributed by atoms with Gasteiger partial charge in [-0.3, -0.25) is 4.79 Å². The van der Waals surface area contributed by atoms with Gasteiger partial charge < -0.3 is 20.1 Å². The molecule has 1 heterocycles. The van der Waals surface area contributed by atoms with Crippen molar-refractivity contribution < 1.29 is 19.4 Å². The minimum Gasteiger partial charge on any atom is -0.493 e. The number of carboxylic acid groups (broad SMARTS) is 1. The largest absolute Gasteiger partial charge is 0.493 e. The van der Waals surface area contributed by atoms with E-state index in [1.807, 2.05) is 36.4 Å². The zero-order valence-corrected chi connectivity index (χ0v) is 14.9. The lowest BCUT2D eigenvalue weighted by molar-refractivity contribution is -0.141. The third kappa shape index (κ3) is 3.96. The first-order chi connectivity index (χ1) is 12.4. The lowest BCUT2D eigenvalue weighted by Gasteiger charge is -2.20. The summed E-state index contributed by atoms with van der Waals surface area (Å²) in [6.45, 7) is 2.44. The molecule has 0 aliphatic carbocycles. The Kier molecular flexibility index (Phi) is 5.11.